The predicted molar refractivity (Wildman–Crippen MR) is 69.5 cm³/mol. The molecule has 2 heteroatoms. The topological polar surface area (TPSA) is 29.3 Å². The first-order valence-corrected chi connectivity index (χ1v) is 5.60. The van der Waals surface area contributed by atoms with Crippen molar-refractivity contribution in [2.75, 3.05) is 0 Å². The average Bonchev–Trinajstić information content (AvgIpc) is 2.30. The highest BCUT2D eigenvalue weighted by Gasteiger charge is 2.02. The number of allylic oxidation sites excluding steroid dienone is 2. The Kier molecular flexibility index (Phi) is 5.37. The molecule has 2 nitrogen and oxygen atoms in total. The zero-order valence-electron chi connectivity index (χ0n) is 10.1. The number of rotatable bonds is 5. The van der Waals surface area contributed by atoms with Crippen LogP contribution >= 0.6 is 0 Å². The van der Waals surface area contributed by atoms with E-state index in [0.29, 0.717) is 6.54 Å². The third-order valence-electron chi connectivity index (χ3n) is 2.37. The summed E-state index contributed by atoms with van der Waals surface area (Å²) in [6.07, 6.45) is 8.19. The molecular formula is C14H20N2. The van der Waals surface area contributed by atoms with Crippen molar-refractivity contribution in [3.63, 3.8) is 0 Å². The summed E-state index contributed by atoms with van der Waals surface area (Å²) in [5.41, 5.74) is 8.21. The van der Waals surface area contributed by atoms with Gasteiger partial charge in [-0.3, -0.25) is 0 Å². The van der Waals surface area contributed by atoms with Gasteiger partial charge in [-0.05, 0) is 37.4 Å². The zero-order valence-corrected chi connectivity index (χ0v) is 10.1. The van der Waals surface area contributed by atoms with E-state index in [0.717, 1.165) is 6.54 Å². The van der Waals surface area contributed by atoms with E-state index in [4.69, 9.17) is 5.73 Å². The van der Waals surface area contributed by atoms with Crippen LogP contribution in [-0.2, 0) is 13.1 Å². The van der Waals surface area contributed by atoms with Crippen LogP contribution in [-0.4, -0.2) is 4.90 Å². The number of nitrogens with two attached hydrogens (primary N) is 1. The lowest BCUT2D eigenvalue weighted by Gasteiger charge is -2.17. The van der Waals surface area contributed by atoms with Gasteiger partial charge in [0.05, 0.1) is 0 Å². The number of benzene rings is 1. The van der Waals surface area contributed by atoms with Crippen LogP contribution in [0.5, 0.6) is 0 Å². The van der Waals surface area contributed by atoms with Crippen LogP contribution in [0.4, 0.5) is 0 Å². The van der Waals surface area contributed by atoms with Crippen molar-refractivity contribution in [3.8, 4) is 0 Å². The minimum absolute atomic E-state index is 0.593. The van der Waals surface area contributed by atoms with Crippen molar-refractivity contribution in [1.29, 1.82) is 0 Å². The van der Waals surface area contributed by atoms with E-state index in [1.807, 2.05) is 32.1 Å². The van der Waals surface area contributed by atoms with Gasteiger partial charge < -0.3 is 10.6 Å². The fraction of sp³-hybridized carbons (Fsp3) is 0.286. The van der Waals surface area contributed by atoms with E-state index < -0.39 is 0 Å². The lowest BCUT2D eigenvalue weighted by molar-refractivity contribution is 0.497. The Balaban J connectivity index is 2.84. The Morgan fingerprint density at radius 2 is 1.62 bits per heavy atom. The molecule has 1 rings (SSSR count). The Morgan fingerprint density at radius 1 is 1.06 bits per heavy atom. The Bertz CT molecular complexity index is 355. The van der Waals surface area contributed by atoms with Gasteiger partial charge >= 0.3 is 0 Å². The maximum atomic E-state index is 5.72. The van der Waals surface area contributed by atoms with Crippen molar-refractivity contribution in [3.05, 3.63) is 59.9 Å². The van der Waals surface area contributed by atoms with Crippen LogP contribution in [0.1, 0.15) is 25.0 Å². The van der Waals surface area contributed by atoms with E-state index in [2.05, 4.69) is 35.5 Å². The summed E-state index contributed by atoms with van der Waals surface area (Å²) >= 11 is 0. The molecule has 0 unspecified atom stereocenters. The zero-order chi connectivity index (χ0) is 11.8. The molecule has 0 bridgehead atoms. The van der Waals surface area contributed by atoms with Crippen LogP contribution in [0.2, 0.25) is 0 Å². The van der Waals surface area contributed by atoms with E-state index >= 15 is 0 Å². The average molecular weight is 216 g/mol. The van der Waals surface area contributed by atoms with Gasteiger partial charge in [0.1, 0.15) is 0 Å². The monoisotopic (exact) mass is 216 g/mol. The smallest absolute Gasteiger partial charge is 0.0473 e. The second-order valence-corrected chi connectivity index (χ2v) is 3.61. The second-order valence-electron chi connectivity index (χ2n) is 3.61. The van der Waals surface area contributed by atoms with Gasteiger partial charge in [-0.25, -0.2) is 0 Å². The lowest BCUT2D eigenvalue weighted by Crippen LogP contribution is -2.12. The summed E-state index contributed by atoms with van der Waals surface area (Å²) in [5, 5.41) is 0. The number of nitrogens with zero attached hydrogens (tertiary/aromatic N) is 1. The summed E-state index contributed by atoms with van der Waals surface area (Å²) in [4.78, 5) is 2.15. The quantitative estimate of drug-likeness (QED) is 0.819. The van der Waals surface area contributed by atoms with Crippen LogP contribution in [0.25, 0.3) is 0 Å². The third kappa shape index (κ3) is 3.55. The molecule has 0 heterocycles. The molecule has 0 fully saturated rings. The highest BCUT2D eigenvalue weighted by atomic mass is 15.1. The first-order chi connectivity index (χ1) is 7.81. The van der Waals surface area contributed by atoms with Gasteiger partial charge in [0.15, 0.2) is 0 Å². The molecule has 0 aliphatic carbocycles. The summed E-state index contributed by atoms with van der Waals surface area (Å²) in [6.45, 7) is 5.49. The summed E-state index contributed by atoms with van der Waals surface area (Å²) < 4.78 is 0. The molecule has 2 N–H and O–H groups in total. The van der Waals surface area contributed by atoms with E-state index in [9.17, 15) is 0 Å². The van der Waals surface area contributed by atoms with Gasteiger partial charge in [0, 0.05) is 13.1 Å². The first kappa shape index (κ1) is 12.5. The molecule has 1 aromatic rings. The van der Waals surface area contributed by atoms with E-state index in [-0.39, 0.29) is 0 Å². The molecule has 1 aromatic carbocycles. The molecule has 0 atom stereocenters. The maximum Gasteiger partial charge on any atom is 0.0473 e. The largest absolute Gasteiger partial charge is 0.351 e. The van der Waals surface area contributed by atoms with Crippen LogP contribution in [0.3, 0.4) is 0 Å². The maximum absolute atomic E-state index is 5.72. The SMILES string of the molecule is CC=CN(C=CC)Cc1ccccc1CN. The summed E-state index contributed by atoms with van der Waals surface area (Å²) in [6, 6.07) is 8.29. The Labute approximate surface area is 98.1 Å². The normalized spacial score (nSPS) is 11.4. The molecule has 0 aliphatic rings. The minimum atomic E-state index is 0.593. The molecule has 16 heavy (non-hydrogen) atoms. The van der Waals surface area contributed by atoms with Gasteiger partial charge in [0.2, 0.25) is 0 Å². The fourth-order valence-electron chi connectivity index (χ4n) is 1.65. The van der Waals surface area contributed by atoms with E-state index in [1.165, 1.54) is 11.1 Å². The van der Waals surface area contributed by atoms with Gasteiger partial charge in [-0.2, -0.15) is 0 Å². The highest BCUT2D eigenvalue weighted by Crippen LogP contribution is 2.11. The first-order valence-electron chi connectivity index (χ1n) is 5.60. The van der Waals surface area contributed by atoms with Crippen LogP contribution < -0.4 is 5.73 Å². The second kappa shape index (κ2) is 6.85. The van der Waals surface area contributed by atoms with Gasteiger partial charge in [-0.15, -0.1) is 0 Å². The van der Waals surface area contributed by atoms with Crippen molar-refractivity contribution in [1.82, 2.24) is 4.90 Å². The van der Waals surface area contributed by atoms with Gasteiger partial charge in [0.25, 0.3) is 0 Å². The molecular weight excluding hydrogens is 196 g/mol. The summed E-state index contributed by atoms with van der Waals surface area (Å²) in [7, 11) is 0. The molecule has 0 amide bonds. The molecule has 0 spiro atoms. The van der Waals surface area contributed by atoms with Crippen LogP contribution in [0, 0.1) is 0 Å². The summed E-state index contributed by atoms with van der Waals surface area (Å²) in [5.74, 6) is 0. The van der Waals surface area contributed by atoms with Crippen molar-refractivity contribution < 1.29 is 0 Å². The minimum Gasteiger partial charge on any atom is -0.351 e. The van der Waals surface area contributed by atoms with Gasteiger partial charge in [-0.1, -0.05) is 36.4 Å². The lowest BCUT2D eigenvalue weighted by atomic mass is 10.1. The molecule has 0 saturated carbocycles. The van der Waals surface area contributed by atoms with Crippen molar-refractivity contribution in [2.45, 2.75) is 26.9 Å². The van der Waals surface area contributed by atoms with Crippen LogP contribution in [0.15, 0.2) is 48.8 Å². The number of hydrogen-bond donors (Lipinski definition) is 1. The predicted octanol–water partition coefficient (Wildman–Crippen LogP) is 3.01. The molecule has 0 aliphatic heterocycles. The number of hydrogen-bond acceptors (Lipinski definition) is 2. The third-order valence-corrected chi connectivity index (χ3v) is 2.37. The highest BCUT2D eigenvalue weighted by molar-refractivity contribution is 5.27. The molecule has 0 aromatic heterocycles. The van der Waals surface area contributed by atoms with Crippen molar-refractivity contribution >= 4 is 0 Å². The molecule has 0 saturated heterocycles. The Hall–Kier alpha value is -1.54. The van der Waals surface area contributed by atoms with Crippen molar-refractivity contribution in [2.24, 2.45) is 5.73 Å². The van der Waals surface area contributed by atoms with E-state index in [1.54, 1.807) is 0 Å². The molecule has 0 radical (unpaired) electrons. The standard InChI is InChI=1S/C14H20N2/c1-3-9-16(10-4-2)12-14-8-6-5-7-13(14)11-15/h3-10H,11-12,15H2,1-2H3. The molecule has 86 valence electrons. The Morgan fingerprint density at radius 3 is 2.12 bits per heavy atom. The fourth-order valence-corrected chi connectivity index (χ4v) is 1.65.